The molecule has 0 saturated heterocycles. The van der Waals surface area contributed by atoms with Gasteiger partial charge in [0.15, 0.2) is 0 Å². The number of benzene rings is 9. The first-order valence-electron chi connectivity index (χ1n) is 19.9. The summed E-state index contributed by atoms with van der Waals surface area (Å²) in [6, 6.07) is 86.0. The first kappa shape index (κ1) is 33.7. The van der Waals surface area contributed by atoms with Gasteiger partial charge in [0.05, 0.1) is 11.0 Å². The summed E-state index contributed by atoms with van der Waals surface area (Å²) in [7, 11) is 0. The Hall–Kier alpha value is -7.62. The van der Waals surface area contributed by atoms with Crippen LogP contribution in [0, 0.1) is 0 Å². The Bertz CT molecular complexity index is 3010. The zero-order valence-electron chi connectivity index (χ0n) is 31.9. The van der Waals surface area contributed by atoms with Crippen molar-refractivity contribution in [1.82, 2.24) is 4.57 Å². The van der Waals surface area contributed by atoms with Crippen LogP contribution in [-0.2, 0) is 5.54 Å². The molecule has 1 aliphatic carbocycles. The lowest BCUT2D eigenvalue weighted by atomic mass is 9.78. The van der Waals surface area contributed by atoms with Gasteiger partial charge >= 0.3 is 0 Å². The van der Waals surface area contributed by atoms with E-state index in [2.05, 4.69) is 251 Å². The number of rotatable bonds is 8. The van der Waals surface area contributed by atoms with E-state index in [4.69, 9.17) is 0 Å². The lowest BCUT2D eigenvalue weighted by molar-refractivity contribution is 0.644. The molecule has 1 aromatic heterocycles. The summed E-state index contributed by atoms with van der Waals surface area (Å²) in [6.07, 6.45) is 0. The van der Waals surface area contributed by atoms with E-state index in [1.807, 2.05) is 0 Å². The molecule has 11 rings (SSSR count). The molecule has 0 N–H and O–H groups in total. The van der Waals surface area contributed by atoms with Gasteiger partial charge in [0.1, 0.15) is 5.54 Å². The normalized spacial score (nSPS) is 14.3. The molecular formula is C55H39N3. The summed E-state index contributed by atoms with van der Waals surface area (Å²) in [6.45, 7) is 0. The van der Waals surface area contributed by atoms with Gasteiger partial charge in [0.25, 0.3) is 0 Å². The minimum Gasteiger partial charge on any atom is -0.323 e. The third-order valence-electron chi connectivity index (χ3n) is 11.8. The molecule has 1 unspecified atom stereocenters. The number of hydrogen-bond acceptors (Lipinski definition) is 2. The Morgan fingerprint density at radius 3 is 1.52 bits per heavy atom. The third-order valence-corrected chi connectivity index (χ3v) is 11.8. The molecule has 3 nitrogen and oxygen atoms in total. The first-order valence-corrected chi connectivity index (χ1v) is 19.9. The molecule has 0 amide bonds. The Kier molecular flexibility index (Phi) is 8.04. The lowest BCUT2D eigenvalue weighted by Gasteiger charge is -2.45. The fourth-order valence-electron chi connectivity index (χ4n) is 9.41. The van der Waals surface area contributed by atoms with Crippen molar-refractivity contribution in [2.45, 2.75) is 5.54 Å². The summed E-state index contributed by atoms with van der Waals surface area (Å²) in [4.78, 5) is 4.97. The lowest BCUT2D eigenvalue weighted by Crippen LogP contribution is -2.44. The van der Waals surface area contributed by atoms with Gasteiger partial charge in [-0.1, -0.05) is 158 Å². The van der Waals surface area contributed by atoms with Crippen LogP contribution in [0.25, 0.3) is 38.6 Å². The van der Waals surface area contributed by atoms with E-state index in [1.165, 1.54) is 44.1 Å². The zero-order chi connectivity index (χ0) is 38.5. The average molecular weight is 742 g/mol. The van der Waals surface area contributed by atoms with E-state index in [9.17, 15) is 0 Å². The summed E-state index contributed by atoms with van der Waals surface area (Å²) in [5, 5.41) is 2.47. The van der Waals surface area contributed by atoms with Crippen LogP contribution in [0.15, 0.2) is 237 Å². The highest BCUT2D eigenvalue weighted by atomic mass is 15.2. The van der Waals surface area contributed by atoms with E-state index in [0.717, 1.165) is 39.6 Å². The number of fused-ring (bicyclic) bond motifs is 6. The second-order valence-corrected chi connectivity index (χ2v) is 14.9. The standard InChI is InChI=1S/C55H39N3/c1-6-20-40(21-7-1)55(58(43-26-12-4-13-27-43)44-28-14-5-15-29-44)51-32-18-16-30-47(51)48-36-34-45(38-52(48)55)56(41-22-8-2-9-23-41)46-35-37-50-49-31-17-19-33-53(49)57(54(50)39-46)42-24-10-3-11-25-42/h1-39H. The van der Waals surface area contributed by atoms with Crippen LogP contribution >= 0.6 is 0 Å². The summed E-state index contributed by atoms with van der Waals surface area (Å²) in [5.74, 6) is 0. The smallest absolute Gasteiger partial charge is 0.122 e. The molecule has 0 spiro atoms. The van der Waals surface area contributed by atoms with Crippen LogP contribution in [0.5, 0.6) is 0 Å². The van der Waals surface area contributed by atoms with Crippen LogP contribution in [0.4, 0.5) is 28.4 Å². The second kappa shape index (κ2) is 13.8. The molecule has 1 aliphatic rings. The molecule has 10 aromatic rings. The molecular weight excluding hydrogens is 703 g/mol. The van der Waals surface area contributed by atoms with E-state index in [-0.39, 0.29) is 0 Å². The summed E-state index contributed by atoms with van der Waals surface area (Å²) in [5.41, 5.74) is 14.4. The van der Waals surface area contributed by atoms with Crippen LogP contribution in [0.3, 0.4) is 0 Å². The molecule has 274 valence electrons. The van der Waals surface area contributed by atoms with Gasteiger partial charge in [-0.3, -0.25) is 0 Å². The Balaban J connectivity index is 1.20. The minimum absolute atomic E-state index is 0.710. The molecule has 3 heteroatoms. The molecule has 1 atom stereocenters. The molecule has 0 saturated carbocycles. The topological polar surface area (TPSA) is 11.4 Å². The van der Waals surface area contributed by atoms with Crippen LogP contribution < -0.4 is 9.80 Å². The van der Waals surface area contributed by atoms with Crippen LogP contribution in [0.1, 0.15) is 16.7 Å². The predicted molar refractivity (Wildman–Crippen MR) is 242 cm³/mol. The van der Waals surface area contributed by atoms with Crippen molar-refractivity contribution >= 4 is 50.2 Å². The average Bonchev–Trinajstić information content (AvgIpc) is 3.78. The summed E-state index contributed by atoms with van der Waals surface area (Å²) < 4.78 is 2.40. The van der Waals surface area contributed by atoms with Crippen molar-refractivity contribution in [1.29, 1.82) is 0 Å². The molecule has 0 fully saturated rings. The van der Waals surface area contributed by atoms with E-state index in [0.29, 0.717) is 0 Å². The molecule has 0 bridgehead atoms. The maximum absolute atomic E-state index is 2.55. The van der Waals surface area contributed by atoms with Crippen molar-refractivity contribution in [2.75, 3.05) is 9.80 Å². The third kappa shape index (κ3) is 5.21. The van der Waals surface area contributed by atoms with Gasteiger partial charge in [0.2, 0.25) is 0 Å². The molecule has 9 aromatic carbocycles. The Morgan fingerprint density at radius 2 is 0.828 bits per heavy atom. The van der Waals surface area contributed by atoms with Gasteiger partial charge in [-0.25, -0.2) is 0 Å². The van der Waals surface area contributed by atoms with Crippen LogP contribution in [-0.4, -0.2) is 4.57 Å². The zero-order valence-corrected chi connectivity index (χ0v) is 31.9. The highest BCUT2D eigenvalue weighted by Gasteiger charge is 2.50. The van der Waals surface area contributed by atoms with Crippen molar-refractivity contribution in [2.24, 2.45) is 0 Å². The van der Waals surface area contributed by atoms with Crippen molar-refractivity contribution < 1.29 is 0 Å². The van der Waals surface area contributed by atoms with E-state index >= 15 is 0 Å². The quantitative estimate of drug-likeness (QED) is 0.154. The van der Waals surface area contributed by atoms with E-state index < -0.39 is 5.54 Å². The number of aromatic nitrogens is 1. The van der Waals surface area contributed by atoms with Crippen LogP contribution in [0.2, 0.25) is 0 Å². The maximum atomic E-state index is 2.55. The van der Waals surface area contributed by atoms with Crippen molar-refractivity contribution in [3.05, 3.63) is 253 Å². The Morgan fingerprint density at radius 1 is 0.328 bits per heavy atom. The maximum Gasteiger partial charge on any atom is 0.122 e. The Labute approximate surface area is 338 Å². The number of anilines is 5. The highest BCUT2D eigenvalue weighted by Crippen LogP contribution is 2.58. The van der Waals surface area contributed by atoms with Gasteiger partial charge in [0, 0.05) is 44.9 Å². The molecule has 0 aliphatic heterocycles. The molecule has 1 heterocycles. The van der Waals surface area contributed by atoms with Gasteiger partial charge in [-0.15, -0.1) is 0 Å². The fraction of sp³-hybridized carbons (Fsp3) is 0.0182. The minimum atomic E-state index is -0.710. The van der Waals surface area contributed by atoms with Gasteiger partial charge < -0.3 is 14.4 Å². The molecule has 0 radical (unpaired) electrons. The van der Waals surface area contributed by atoms with E-state index in [1.54, 1.807) is 0 Å². The molecule has 58 heavy (non-hydrogen) atoms. The number of para-hydroxylation sites is 5. The second-order valence-electron chi connectivity index (χ2n) is 14.9. The van der Waals surface area contributed by atoms with Crippen molar-refractivity contribution in [3.8, 4) is 16.8 Å². The van der Waals surface area contributed by atoms with Gasteiger partial charge in [-0.2, -0.15) is 0 Å². The first-order chi connectivity index (χ1) is 28.8. The summed E-state index contributed by atoms with van der Waals surface area (Å²) >= 11 is 0. The number of nitrogens with zero attached hydrogens (tertiary/aromatic N) is 3. The largest absolute Gasteiger partial charge is 0.323 e. The van der Waals surface area contributed by atoms with Crippen molar-refractivity contribution in [3.63, 3.8) is 0 Å². The predicted octanol–water partition coefficient (Wildman–Crippen LogP) is 14.4. The number of hydrogen-bond donors (Lipinski definition) is 0. The highest BCUT2D eigenvalue weighted by molar-refractivity contribution is 6.10. The fourth-order valence-corrected chi connectivity index (χ4v) is 9.41. The monoisotopic (exact) mass is 741 g/mol. The van der Waals surface area contributed by atoms with Gasteiger partial charge in [-0.05, 0) is 107 Å². The SMILES string of the molecule is c1ccc(N(c2ccc3c(c2)C(c2ccccc2)(N(c2ccccc2)c2ccccc2)c2ccccc2-3)c2ccc3c4ccccc4n(-c4ccccc4)c3c2)cc1.